The minimum atomic E-state index is -4.52. The van der Waals surface area contributed by atoms with Crippen LogP contribution < -0.4 is 5.73 Å². The zero-order chi connectivity index (χ0) is 13.5. The summed E-state index contributed by atoms with van der Waals surface area (Å²) >= 11 is 5.49. The molecule has 0 radical (unpaired) electrons. The molecule has 8 heteroatoms. The number of rotatable bonds is 1. The predicted octanol–water partition coefficient (Wildman–Crippen LogP) is 3.27. The molecule has 0 aliphatic carbocycles. The molecule has 2 N–H and O–H groups in total. The number of anilines is 1. The van der Waals surface area contributed by atoms with E-state index in [-0.39, 0.29) is 16.4 Å². The fourth-order valence-corrected chi connectivity index (χ4v) is 1.52. The van der Waals surface area contributed by atoms with E-state index in [9.17, 15) is 17.6 Å². The molecule has 0 saturated heterocycles. The number of alkyl halides is 3. The van der Waals surface area contributed by atoms with Crippen LogP contribution >= 0.6 is 11.6 Å². The van der Waals surface area contributed by atoms with Crippen LogP contribution in [0.25, 0.3) is 5.69 Å². The maximum absolute atomic E-state index is 13.2. The Morgan fingerprint density at radius 3 is 2.50 bits per heavy atom. The van der Waals surface area contributed by atoms with E-state index < -0.39 is 17.6 Å². The van der Waals surface area contributed by atoms with Crippen LogP contribution in [0.4, 0.5) is 23.2 Å². The quantitative estimate of drug-likeness (QED) is 0.643. The Hall–Kier alpha value is -1.76. The van der Waals surface area contributed by atoms with Crippen LogP contribution in [-0.4, -0.2) is 9.78 Å². The van der Waals surface area contributed by atoms with Gasteiger partial charge in [0.05, 0.1) is 28.2 Å². The van der Waals surface area contributed by atoms with Crippen molar-refractivity contribution in [2.24, 2.45) is 0 Å². The average Bonchev–Trinajstić information content (AvgIpc) is 2.72. The van der Waals surface area contributed by atoms with Crippen molar-refractivity contribution in [1.29, 1.82) is 0 Å². The topological polar surface area (TPSA) is 43.8 Å². The molecular weight excluding hydrogens is 274 g/mol. The Balaban J connectivity index is 2.50. The lowest BCUT2D eigenvalue weighted by atomic mass is 10.2. The van der Waals surface area contributed by atoms with E-state index in [0.717, 1.165) is 23.0 Å². The zero-order valence-corrected chi connectivity index (χ0v) is 9.43. The van der Waals surface area contributed by atoms with Crippen LogP contribution in [0.5, 0.6) is 0 Å². The summed E-state index contributed by atoms with van der Waals surface area (Å²) in [5.74, 6) is -0.787. The Kier molecular flexibility index (Phi) is 2.94. The first kappa shape index (κ1) is 12.7. The molecule has 3 nitrogen and oxygen atoms in total. The van der Waals surface area contributed by atoms with Gasteiger partial charge in [-0.3, -0.25) is 0 Å². The summed E-state index contributed by atoms with van der Waals surface area (Å²) in [6.07, 6.45) is -3.16. The molecule has 1 aromatic heterocycles. The van der Waals surface area contributed by atoms with E-state index in [0.29, 0.717) is 6.20 Å². The number of nitrogens with two attached hydrogens (primary N) is 1. The molecule has 1 heterocycles. The van der Waals surface area contributed by atoms with E-state index in [1.807, 2.05) is 0 Å². The summed E-state index contributed by atoms with van der Waals surface area (Å²) in [6, 6.07) is 2.03. The van der Waals surface area contributed by atoms with Crippen molar-refractivity contribution >= 4 is 17.3 Å². The van der Waals surface area contributed by atoms with Gasteiger partial charge in [0.25, 0.3) is 0 Å². The van der Waals surface area contributed by atoms with E-state index in [2.05, 4.69) is 5.10 Å². The molecule has 0 aliphatic rings. The van der Waals surface area contributed by atoms with E-state index >= 15 is 0 Å². The number of hydrogen-bond acceptors (Lipinski definition) is 2. The fourth-order valence-electron chi connectivity index (χ4n) is 1.35. The summed E-state index contributed by atoms with van der Waals surface area (Å²) < 4.78 is 51.2. The van der Waals surface area contributed by atoms with Gasteiger partial charge >= 0.3 is 6.18 Å². The Morgan fingerprint density at radius 1 is 1.28 bits per heavy atom. The van der Waals surface area contributed by atoms with Crippen LogP contribution in [0.2, 0.25) is 5.02 Å². The van der Waals surface area contributed by atoms with Crippen LogP contribution in [0, 0.1) is 5.82 Å². The van der Waals surface area contributed by atoms with Crippen LogP contribution in [0.1, 0.15) is 5.56 Å². The normalized spacial score (nSPS) is 11.8. The average molecular weight is 280 g/mol. The maximum atomic E-state index is 13.2. The van der Waals surface area contributed by atoms with Gasteiger partial charge in [-0.2, -0.15) is 18.3 Å². The highest BCUT2D eigenvalue weighted by Gasteiger charge is 2.32. The summed E-state index contributed by atoms with van der Waals surface area (Å²) in [4.78, 5) is 0. The van der Waals surface area contributed by atoms with Gasteiger partial charge in [0.1, 0.15) is 5.82 Å². The molecule has 0 saturated carbocycles. The minimum Gasteiger partial charge on any atom is -0.397 e. The third-order valence-corrected chi connectivity index (χ3v) is 2.52. The number of halogens is 5. The second kappa shape index (κ2) is 4.16. The Labute approximate surface area is 104 Å². The Bertz CT molecular complexity index is 591. The number of benzene rings is 1. The molecular formula is C10H6ClF4N3. The maximum Gasteiger partial charge on any atom is 0.419 e. The lowest BCUT2D eigenvalue weighted by molar-refractivity contribution is -0.137. The predicted molar refractivity (Wildman–Crippen MR) is 57.9 cm³/mol. The van der Waals surface area contributed by atoms with Crippen LogP contribution in [0.15, 0.2) is 24.5 Å². The number of hydrogen-bond donors (Lipinski definition) is 1. The molecule has 0 spiro atoms. The summed E-state index contributed by atoms with van der Waals surface area (Å²) in [5, 5.41) is 3.28. The standard InChI is InChI=1S/C10H6ClF4N3/c11-6-1-8(16)9(2-7(6)12)18-4-5(3-17-18)10(13,14)15/h1-4H,16H2. The molecule has 0 atom stereocenters. The minimum absolute atomic E-state index is 0.00704. The van der Waals surface area contributed by atoms with Crippen molar-refractivity contribution in [1.82, 2.24) is 9.78 Å². The lowest BCUT2D eigenvalue weighted by Crippen LogP contribution is -2.04. The van der Waals surface area contributed by atoms with Crippen molar-refractivity contribution in [2.75, 3.05) is 5.73 Å². The highest BCUT2D eigenvalue weighted by atomic mass is 35.5. The van der Waals surface area contributed by atoms with E-state index in [1.54, 1.807) is 0 Å². The molecule has 1 aromatic carbocycles. The SMILES string of the molecule is Nc1cc(Cl)c(F)cc1-n1cc(C(F)(F)F)cn1. The third-order valence-electron chi connectivity index (χ3n) is 2.23. The summed E-state index contributed by atoms with van der Waals surface area (Å²) in [6.45, 7) is 0. The van der Waals surface area contributed by atoms with Gasteiger partial charge in [-0.05, 0) is 6.07 Å². The van der Waals surface area contributed by atoms with Crippen molar-refractivity contribution in [3.05, 3.63) is 40.9 Å². The summed E-state index contributed by atoms with van der Waals surface area (Å²) in [7, 11) is 0. The van der Waals surface area contributed by atoms with Crippen molar-refractivity contribution in [3.63, 3.8) is 0 Å². The van der Waals surface area contributed by atoms with E-state index in [4.69, 9.17) is 17.3 Å². The fraction of sp³-hybridized carbons (Fsp3) is 0.100. The molecule has 0 aliphatic heterocycles. The smallest absolute Gasteiger partial charge is 0.397 e. The number of nitrogens with zero attached hydrogens (tertiary/aromatic N) is 2. The molecule has 2 aromatic rings. The van der Waals surface area contributed by atoms with Crippen LogP contribution in [0.3, 0.4) is 0 Å². The first-order valence-corrected chi connectivity index (χ1v) is 5.03. The van der Waals surface area contributed by atoms with Crippen molar-refractivity contribution in [3.8, 4) is 5.69 Å². The second-order valence-electron chi connectivity index (χ2n) is 3.50. The highest BCUT2D eigenvalue weighted by Crippen LogP contribution is 2.30. The van der Waals surface area contributed by atoms with Crippen molar-refractivity contribution < 1.29 is 17.6 Å². The Morgan fingerprint density at radius 2 is 1.94 bits per heavy atom. The van der Waals surface area contributed by atoms with Crippen LogP contribution in [-0.2, 0) is 6.18 Å². The van der Waals surface area contributed by atoms with E-state index in [1.165, 1.54) is 0 Å². The molecule has 18 heavy (non-hydrogen) atoms. The molecule has 96 valence electrons. The molecule has 0 bridgehead atoms. The lowest BCUT2D eigenvalue weighted by Gasteiger charge is -2.07. The molecule has 0 fully saturated rings. The van der Waals surface area contributed by atoms with Gasteiger partial charge in [-0.25, -0.2) is 9.07 Å². The van der Waals surface area contributed by atoms with Gasteiger partial charge in [-0.15, -0.1) is 0 Å². The molecule has 2 rings (SSSR count). The first-order chi connectivity index (χ1) is 8.29. The first-order valence-electron chi connectivity index (χ1n) is 4.66. The molecule has 0 amide bonds. The van der Waals surface area contributed by atoms with Gasteiger partial charge in [0.2, 0.25) is 0 Å². The summed E-state index contributed by atoms with van der Waals surface area (Å²) in [5.41, 5.74) is 4.62. The van der Waals surface area contributed by atoms with Gasteiger partial charge in [0.15, 0.2) is 0 Å². The van der Waals surface area contributed by atoms with Crippen molar-refractivity contribution in [2.45, 2.75) is 6.18 Å². The van der Waals surface area contributed by atoms with Gasteiger partial charge in [0, 0.05) is 12.3 Å². The van der Waals surface area contributed by atoms with Gasteiger partial charge < -0.3 is 5.73 Å². The third kappa shape index (κ3) is 2.26. The zero-order valence-electron chi connectivity index (χ0n) is 8.67. The number of nitrogen functional groups attached to an aromatic ring is 1. The molecule has 0 unspecified atom stereocenters. The number of aromatic nitrogens is 2. The monoisotopic (exact) mass is 279 g/mol. The second-order valence-corrected chi connectivity index (χ2v) is 3.90. The van der Waals surface area contributed by atoms with Gasteiger partial charge in [-0.1, -0.05) is 11.6 Å². The largest absolute Gasteiger partial charge is 0.419 e. The highest BCUT2D eigenvalue weighted by molar-refractivity contribution is 6.31.